The van der Waals surface area contributed by atoms with Gasteiger partial charge in [0.05, 0.1) is 7.11 Å². The zero-order valence-electron chi connectivity index (χ0n) is 9.49. The molecule has 0 radical (unpaired) electrons. The maximum Gasteiger partial charge on any atom is 0.329 e. The van der Waals surface area contributed by atoms with Crippen molar-refractivity contribution in [2.24, 2.45) is 0 Å². The third-order valence-electron chi connectivity index (χ3n) is 2.44. The first-order valence-corrected chi connectivity index (χ1v) is 5.19. The van der Waals surface area contributed by atoms with Crippen LogP contribution in [0.15, 0.2) is 0 Å². The van der Waals surface area contributed by atoms with Gasteiger partial charge in [-0.3, -0.25) is 9.59 Å². The summed E-state index contributed by atoms with van der Waals surface area (Å²) in [6.45, 7) is 0. The summed E-state index contributed by atoms with van der Waals surface area (Å²) < 4.78 is 4.51. The van der Waals surface area contributed by atoms with Gasteiger partial charge >= 0.3 is 5.97 Å². The molecule has 0 aromatic carbocycles. The first-order valence-electron chi connectivity index (χ1n) is 5.19. The zero-order valence-corrected chi connectivity index (χ0v) is 9.49. The molecule has 2 amide bonds. The maximum absolute atomic E-state index is 11.7. The monoisotopic (exact) mass is 238 g/mol. The van der Waals surface area contributed by atoms with Crippen LogP contribution in [0.5, 0.6) is 0 Å². The van der Waals surface area contributed by atoms with Crippen molar-refractivity contribution in [1.29, 1.82) is 0 Å². The Hall–Kier alpha value is -2.03. The van der Waals surface area contributed by atoms with Crippen LogP contribution in [0.1, 0.15) is 19.3 Å². The van der Waals surface area contributed by atoms with Crippen molar-refractivity contribution in [3.8, 4) is 12.3 Å². The largest absolute Gasteiger partial charge is 0.467 e. The van der Waals surface area contributed by atoms with Crippen LogP contribution in [0.4, 0.5) is 0 Å². The molecule has 1 aliphatic rings. The van der Waals surface area contributed by atoms with Crippen LogP contribution in [0, 0.1) is 12.3 Å². The average molecular weight is 238 g/mol. The molecule has 0 aromatic heterocycles. The second kappa shape index (κ2) is 5.89. The molecule has 6 nitrogen and oxygen atoms in total. The van der Waals surface area contributed by atoms with Crippen molar-refractivity contribution in [3.05, 3.63) is 0 Å². The lowest BCUT2D eigenvalue weighted by molar-refractivity contribution is -0.145. The standard InChI is InChI=1S/C11H14N2O4/c1-3-4-8(11(16)17-2)13-10(15)7-5-6-9(14)12-7/h1,7-8H,4-6H2,2H3,(H,12,14)(H,13,15)/t7-,8-/m0/s1. The fraction of sp³-hybridized carbons (Fsp3) is 0.545. The summed E-state index contributed by atoms with van der Waals surface area (Å²) in [4.78, 5) is 33.9. The highest BCUT2D eigenvalue weighted by molar-refractivity contribution is 5.93. The molecule has 1 heterocycles. The topological polar surface area (TPSA) is 84.5 Å². The van der Waals surface area contributed by atoms with Gasteiger partial charge in [-0.05, 0) is 6.42 Å². The highest BCUT2D eigenvalue weighted by Crippen LogP contribution is 2.07. The van der Waals surface area contributed by atoms with E-state index in [2.05, 4.69) is 21.3 Å². The van der Waals surface area contributed by atoms with E-state index in [1.165, 1.54) is 7.11 Å². The Morgan fingerprint density at radius 3 is 2.88 bits per heavy atom. The van der Waals surface area contributed by atoms with Gasteiger partial charge in [-0.2, -0.15) is 0 Å². The van der Waals surface area contributed by atoms with Crippen LogP contribution in [-0.2, 0) is 19.1 Å². The van der Waals surface area contributed by atoms with Crippen molar-refractivity contribution >= 4 is 17.8 Å². The highest BCUT2D eigenvalue weighted by atomic mass is 16.5. The van der Waals surface area contributed by atoms with Gasteiger partial charge in [-0.1, -0.05) is 0 Å². The summed E-state index contributed by atoms with van der Waals surface area (Å²) in [5.74, 6) is 1.10. The molecular weight excluding hydrogens is 224 g/mol. The predicted molar refractivity (Wildman–Crippen MR) is 58.6 cm³/mol. The van der Waals surface area contributed by atoms with Crippen molar-refractivity contribution in [2.75, 3.05) is 7.11 Å². The number of hydrogen-bond acceptors (Lipinski definition) is 4. The first-order chi connectivity index (χ1) is 8.08. The van der Waals surface area contributed by atoms with Crippen LogP contribution < -0.4 is 10.6 Å². The van der Waals surface area contributed by atoms with E-state index in [1.807, 2.05) is 0 Å². The molecule has 1 fully saturated rings. The van der Waals surface area contributed by atoms with E-state index in [0.717, 1.165) is 0 Å². The Labute approximate surface area is 99.1 Å². The number of amides is 2. The molecule has 0 aliphatic carbocycles. The smallest absolute Gasteiger partial charge is 0.329 e. The molecule has 1 saturated heterocycles. The number of methoxy groups -OCH3 is 1. The second-order valence-electron chi connectivity index (χ2n) is 3.65. The Morgan fingerprint density at radius 1 is 1.71 bits per heavy atom. The molecule has 1 rings (SSSR count). The van der Waals surface area contributed by atoms with Crippen LogP contribution in [-0.4, -0.2) is 37.0 Å². The van der Waals surface area contributed by atoms with Crippen molar-refractivity contribution in [3.63, 3.8) is 0 Å². The van der Waals surface area contributed by atoms with Gasteiger partial charge in [0.25, 0.3) is 0 Å². The number of terminal acetylenes is 1. The molecular formula is C11H14N2O4. The molecule has 1 aliphatic heterocycles. The number of carbonyl (C=O) groups is 3. The van der Waals surface area contributed by atoms with Crippen molar-refractivity contribution < 1.29 is 19.1 Å². The van der Waals surface area contributed by atoms with Gasteiger partial charge in [0.1, 0.15) is 12.1 Å². The minimum absolute atomic E-state index is 0.0546. The molecule has 0 aromatic rings. The number of esters is 1. The van der Waals surface area contributed by atoms with Crippen LogP contribution in [0.25, 0.3) is 0 Å². The fourth-order valence-electron chi connectivity index (χ4n) is 1.54. The van der Waals surface area contributed by atoms with E-state index in [4.69, 9.17) is 6.42 Å². The van der Waals surface area contributed by atoms with E-state index < -0.39 is 24.0 Å². The molecule has 0 saturated carbocycles. The van der Waals surface area contributed by atoms with E-state index in [9.17, 15) is 14.4 Å². The van der Waals surface area contributed by atoms with E-state index in [0.29, 0.717) is 12.8 Å². The quantitative estimate of drug-likeness (QED) is 0.483. The number of carbonyl (C=O) groups excluding carboxylic acids is 3. The van der Waals surface area contributed by atoms with Gasteiger partial charge in [-0.15, -0.1) is 12.3 Å². The molecule has 0 spiro atoms. The third-order valence-corrected chi connectivity index (χ3v) is 2.44. The summed E-state index contributed by atoms with van der Waals surface area (Å²) in [7, 11) is 1.22. The SMILES string of the molecule is C#CC[C@H](NC(=O)[C@@H]1CCC(=O)N1)C(=O)OC. The average Bonchev–Trinajstić information content (AvgIpc) is 2.74. The zero-order chi connectivity index (χ0) is 12.8. The molecule has 6 heteroatoms. The van der Waals surface area contributed by atoms with Gasteiger partial charge in [-0.25, -0.2) is 4.79 Å². The number of ether oxygens (including phenoxy) is 1. The predicted octanol–water partition coefficient (Wildman–Crippen LogP) is -1.05. The van der Waals surface area contributed by atoms with Crippen LogP contribution in [0.2, 0.25) is 0 Å². The molecule has 17 heavy (non-hydrogen) atoms. The fourth-order valence-corrected chi connectivity index (χ4v) is 1.54. The second-order valence-corrected chi connectivity index (χ2v) is 3.65. The van der Waals surface area contributed by atoms with Crippen molar-refractivity contribution in [1.82, 2.24) is 10.6 Å². The molecule has 2 atom stereocenters. The van der Waals surface area contributed by atoms with Crippen LogP contribution >= 0.6 is 0 Å². The lowest BCUT2D eigenvalue weighted by Gasteiger charge is -2.16. The molecule has 0 bridgehead atoms. The normalized spacial score (nSPS) is 20.0. The van der Waals surface area contributed by atoms with Crippen LogP contribution in [0.3, 0.4) is 0 Å². The summed E-state index contributed by atoms with van der Waals surface area (Å²) >= 11 is 0. The number of nitrogens with one attached hydrogen (secondary N) is 2. The van der Waals surface area contributed by atoms with Gasteiger partial charge in [0.15, 0.2) is 0 Å². The van der Waals surface area contributed by atoms with Gasteiger partial charge in [0, 0.05) is 12.8 Å². The number of hydrogen-bond donors (Lipinski definition) is 2. The minimum atomic E-state index is -0.866. The Balaban J connectivity index is 2.55. The van der Waals surface area contributed by atoms with E-state index >= 15 is 0 Å². The Kier molecular flexibility index (Phi) is 4.52. The number of rotatable bonds is 4. The first kappa shape index (κ1) is 13.0. The lowest BCUT2D eigenvalue weighted by Crippen LogP contribution is -2.48. The maximum atomic E-state index is 11.7. The minimum Gasteiger partial charge on any atom is -0.467 e. The molecule has 2 N–H and O–H groups in total. The molecule has 0 unspecified atom stereocenters. The summed E-state index contributed by atoms with van der Waals surface area (Å²) in [5, 5.41) is 4.96. The molecule has 92 valence electrons. The summed E-state index contributed by atoms with van der Waals surface area (Å²) in [6, 6.07) is -1.46. The van der Waals surface area contributed by atoms with Gasteiger partial charge < -0.3 is 15.4 Å². The highest BCUT2D eigenvalue weighted by Gasteiger charge is 2.30. The third kappa shape index (κ3) is 3.48. The Bertz CT molecular complexity index is 372. The van der Waals surface area contributed by atoms with Crippen molar-refractivity contribution in [2.45, 2.75) is 31.3 Å². The summed E-state index contributed by atoms with van der Waals surface area (Å²) in [6.07, 6.45) is 5.89. The summed E-state index contributed by atoms with van der Waals surface area (Å²) in [5.41, 5.74) is 0. The lowest BCUT2D eigenvalue weighted by atomic mass is 10.1. The van der Waals surface area contributed by atoms with Gasteiger partial charge in [0.2, 0.25) is 11.8 Å². The Morgan fingerprint density at radius 2 is 2.41 bits per heavy atom. The van der Waals surface area contributed by atoms with E-state index in [1.54, 1.807) is 0 Å². The van der Waals surface area contributed by atoms with E-state index in [-0.39, 0.29) is 12.3 Å².